The highest BCUT2D eigenvalue weighted by molar-refractivity contribution is 6.24. The van der Waals surface area contributed by atoms with Gasteiger partial charge in [-0.15, -0.1) is 0 Å². The maximum Gasteiger partial charge on any atom is 0.343 e. The molecule has 1 aromatic carbocycles. The number of Topliss-reactive ketones (excluding diaryl/α,β-unsaturated/α-hetero) is 1. The van der Waals surface area contributed by atoms with Crippen LogP contribution in [-0.2, 0) is 16.1 Å². The monoisotopic (exact) mass is 365 g/mol. The van der Waals surface area contributed by atoms with Gasteiger partial charge in [-0.3, -0.25) is 4.79 Å². The van der Waals surface area contributed by atoms with E-state index in [2.05, 4.69) is 10.4 Å². The molecule has 0 saturated carbocycles. The summed E-state index contributed by atoms with van der Waals surface area (Å²) >= 11 is 0. The third kappa shape index (κ3) is 4.52. The predicted molar refractivity (Wildman–Crippen MR) is 99.1 cm³/mol. The number of carbonyl (C=O) groups is 2. The first-order valence-electron chi connectivity index (χ1n) is 8.46. The fourth-order valence-electron chi connectivity index (χ4n) is 2.45. The average molecular weight is 365 g/mol. The van der Waals surface area contributed by atoms with Crippen molar-refractivity contribution in [2.75, 3.05) is 11.9 Å². The van der Waals surface area contributed by atoms with Gasteiger partial charge >= 0.3 is 5.97 Å². The van der Waals surface area contributed by atoms with E-state index in [1.54, 1.807) is 66.5 Å². The average Bonchev–Trinajstić information content (AvgIpc) is 3.35. The molecule has 0 saturated heterocycles. The lowest BCUT2D eigenvalue weighted by Gasteiger charge is -2.09. The van der Waals surface area contributed by atoms with Crippen molar-refractivity contribution in [1.29, 1.82) is 0 Å². The summed E-state index contributed by atoms with van der Waals surface area (Å²) in [4.78, 5) is 25.0. The van der Waals surface area contributed by atoms with E-state index in [-0.39, 0.29) is 12.2 Å². The number of anilines is 1. The van der Waals surface area contributed by atoms with Gasteiger partial charge < -0.3 is 14.5 Å². The molecule has 27 heavy (non-hydrogen) atoms. The number of nitrogens with zero attached hydrogens (tertiary/aromatic N) is 2. The topological polar surface area (TPSA) is 86.4 Å². The number of esters is 1. The molecule has 138 valence electrons. The maximum atomic E-state index is 12.7. The fourth-order valence-corrected chi connectivity index (χ4v) is 2.45. The molecule has 7 nitrogen and oxygen atoms in total. The normalized spacial score (nSPS) is 11.2. The van der Waals surface area contributed by atoms with Crippen LogP contribution in [0.2, 0.25) is 0 Å². The molecule has 0 unspecified atom stereocenters. The first-order valence-corrected chi connectivity index (χ1v) is 8.46. The molecule has 0 spiro atoms. The van der Waals surface area contributed by atoms with Crippen molar-refractivity contribution in [1.82, 2.24) is 9.78 Å². The van der Waals surface area contributed by atoms with E-state index in [4.69, 9.17) is 9.15 Å². The van der Waals surface area contributed by atoms with Gasteiger partial charge in [0.25, 0.3) is 0 Å². The van der Waals surface area contributed by atoms with Crippen LogP contribution in [0.5, 0.6) is 0 Å². The Balaban J connectivity index is 1.83. The summed E-state index contributed by atoms with van der Waals surface area (Å²) in [6, 6.07) is 13.9. The van der Waals surface area contributed by atoms with Gasteiger partial charge in [0.1, 0.15) is 23.7 Å². The molecule has 2 heterocycles. The van der Waals surface area contributed by atoms with Crippen molar-refractivity contribution >= 4 is 17.6 Å². The molecule has 3 aromatic rings. The third-order valence-corrected chi connectivity index (χ3v) is 3.74. The van der Waals surface area contributed by atoms with Gasteiger partial charge in [-0.05, 0) is 19.1 Å². The van der Waals surface area contributed by atoms with Crippen LogP contribution in [0.25, 0.3) is 0 Å². The first kappa shape index (κ1) is 18.2. The molecule has 0 amide bonds. The van der Waals surface area contributed by atoms with E-state index in [1.807, 2.05) is 6.07 Å². The van der Waals surface area contributed by atoms with Crippen LogP contribution < -0.4 is 5.32 Å². The number of hydrogen-bond acceptors (Lipinski definition) is 6. The number of ether oxygens (including phenoxy) is 1. The lowest BCUT2D eigenvalue weighted by atomic mass is 10.0. The summed E-state index contributed by atoms with van der Waals surface area (Å²) < 4.78 is 12.0. The zero-order valence-electron chi connectivity index (χ0n) is 14.8. The largest absolute Gasteiger partial charge is 0.467 e. The van der Waals surface area contributed by atoms with E-state index >= 15 is 0 Å². The second-order valence-corrected chi connectivity index (χ2v) is 5.57. The minimum atomic E-state index is -0.684. The molecule has 0 aliphatic rings. The zero-order chi connectivity index (χ0) is 19.1. The molecule has 0 aliphatic carbocycles. The highest BCUT2D eigenvalue weighted by Gasteiger charge is 2.21. The minimum Gasteiger partial charge on any atom is -0.467 e. The number of aromatic nitrogens is 2. The van der Waals surface area contributed by atoms with Crippen LogP contribution in [0.1, 0.15) is 23.0 Å². The Morgan fingerprint density at radius 3 is 2.70 bits per heavy atom. The van der Waals surface area contributed by atoms with Gasteiger partial charge in [0.05, 0.1) is 19.1 Å². The number of ketones is 1. The van der Waals surface area contributed by atoms with Gasteiger partial charge in [0.15, 0.2) is 0 Å². The SMILES string of the molecule is CCOC(=O)C(=CNc1ccnn1Cc1ccco1)C(=O)c1ccccc1. The molecule has 0 aliphatic heterocycles. The zero-order valence-corrected chi connectivity index (χ0v) is 14.8. The van der Waals surface area contributed by atoms with Crippen LogP contribution in [0.3, 0.4) is 0 Å². The molecule has 1 N–H and O–H groups in total. The first-order chi connectivity index (χ1) is 13.2. The summed E-state index contributed by atoms with van der Waals surface area (Å²) in [7, 11) is 0. The lowest BCUT2D eigenvalue weighted by molar-refractivity contribution is -0.138. The maximum absolute atomic E-state index is 12.7. The van der Waals surface area contributed by atoms with Gasteiger partial charge in [0, 0.05) is 17.8 Å². The number of benzene rings is 1. The highest BCUT2D eigenvalue weighted by atomic mass is 16.5. The predicted octanol–water partition coefficient (Wildman–Crippen LogP) is 3.27. The summed E-state index contributed by atoms with van der Waals surface area (Å²) in [5, 5.41) is 7.19. The Kier molecular flexibility index (Phi) is 5.84. The Morgan fingerprint density at radius 2 is 2.00 bits per heavy atom. The number of carbonyl (C=O) groups excluding carboxylic acids is 2. The van der Waals surface area contributed by atoms with Crippen LogP contribution >= 0.6 is 0 Å². The van der Waals surface area contributed by atoms with E-state index in [0.717, 1.165) is 5.76 Å². The van der Waals surface area contributed by atoms with Crippen molar-refractivity contribution in [3.63, 3.8) is 0 Å². The molecule has 2 aromatic heterocycles. The standard InChI is InChI=1S/C20H19N3O4/c1-2-26-20(25)17(19(24)15-7-4-3-5-8-15)13-21-18-10-11-22-23(18)14-16-9-6-12-27-16/h3-13,21H,2,14H2,1H3. The van der Waals surface area contributed by atoms with Crippen LogP contribution in [-0.4, -0.2) is 28.1 Å². The molecule has 0 radical (unpaired) electrons. The number of hydrogen-bond donors (Lipinski definition) is 1. The summed E-state index contributed by atoms with van der Waals surface area (Å²) in [5.74, 6) is 0.236. The Bertz CT molecular complexity index is 927. The summed E-state index contributed by atoms with van der Waals surface area (Å²) in [6.45, 7) is 2.28. The van der Waals surface area contributed by atoms with E-state index < -0.39 is 11.8 Å². The van der Waals surface area contributed by atoms with Crippen molar-refractivity contribution in [3.05, 3.63) is 84.1 Å². The summed E-state index contributed by atoms with van der Waals surface area (Å²) in [6.07, 6.45) is 4.55. The van der Waals surface area contributed by atoms with Gasteiger partial charge in [-0.1, -0.05) is 30.3 Å². The summed E-state index contributed by atoms with van der Waals surface area (Å²) in [5.41, 5.74) is 0.316. The molecule has 7 heteroatoms. The third-order valence-electron chi connectivity index (χ3n) is 3.74. The van der Waals surface area contributed by atoms with E-state index in [0.29, 0.717) is 17.9 Å². The molecular weight excluding hydrogens is 346 g/mol. The Hall–Kier alpha value is -3.61. The lowest BCUT2D eigenvalue weighted by Crippen LogP contribution is -2.18. The van der Waals surface area contributed by atoms with Crippen LogP contribution in [0.4, 0.5) is 5.82 Å². The molecular formula is C20H19N3O4. The Morgan fingerprint density at radius 1 is 1.19 bits per heavy atom. The van der Waals surface area contributed by atoms with Gasteiger partial charge in [0.2, 0.25) is 5.78 Å². The van der Waals surface area contributed by atoms with Gasteiger partial charge in [-0.25, -0.2) is 9.48 Å². The van der Waals surface area contributed by atoms with Crippen molar-refractivity contribution in [2.45, 2.75) is 13.5 Å². The van der Waals surface area contributed by atoms with Crippen molar-refractivity contribution in [2.24, 2.45) is 0 Å². The quantitative estimate of drug-likeness (QED) is 0.217. The van der Waals surface area contributed by atoms with E-state index in [1.165, 1.54) is 6.20 Å². The molecule has 0 fully saturated rings. The Labute approximate surface area is 156 Å². The smallest absolute Gasteiger partial charge is 0.343 e. The molecule has 0 bridgehead atoms. The second kappa shape index (κ2) is 8.66. The highest BCUT2D eigenvalue weighted by Crippen LogP contribution is 2.14. The number of furan rings is 1. The molecule has 0 atom stereocenters. The molecule has 3 rings (SSSR count). The fraction of sp³-hybridized carbons (Fsp3) is 0.150. The number of rotatable bonds is 8. The van der Waals surface area contributed by atoms with E-state index in [9.17, 15) is 9.59 Å². The van der Waals surface area contributed by atoms with Crippen molar-refractivity contribution < 1.29 is 18.7 Å². The van der Waals surface area contributed by atoms with Crippen LogP contribution in [0.15, 0.2) is 77.2 Å². The van der Waals surface area contributed by atoms with Crippen molar-refractivity contribution in [3.8, 4) is 0 Å². The second-order valence-electron chi connectivity index (χ2n) is 5.57. The van der Waals surface area contributed by atoms with Gasteiger partial charge in [-0.2, -0.15) is 5.10 Å². The van der Waals surface area contributed by atoms with Crippen LogP contribution in [0, 0.1) is 0 Å². The minimum absolute atomic E-state index is 0.0891. The number of nitrogens with one attached hydrogen (secondary N) is 1.